The Hall–Kier alpha value is -1.36. The van der Waals surface area contributed by atoms with Gasteiger partial charge in [-0.2, -0.15) is 0 Å². The van der Waals surface area contributed by atoms with Crippen molar-refractivity contribution in [3.8, 4) is 0 Å². The van der Waals surface area contributed by atoms with Crippen molar-refractivity contribution in [2.75, 3.05) is 23.7 Å². The molecule has 1 saturated carbocycles. The number of aliphatic hydroxyl groups is 1. The molecule has 18 heavy (non-hydrogen) atoms. The van der Waals surface area contributed by atoms with E-state index in [9.17, 15) is 5.11 Å². The zero-order valence-corrected chi connectivity index (χ0v) is 11.1. The summed E-state index contributed by atoms with van der Waals surface area (Å²) in [4.78, 5) is 9.02. The molecule has 2 rings (SSSR count). The Morgan fingerprint density at radius 3 is 2.50 bits per heavy atom. The van der Waals surface area contributed by atoms with Gasteiger partial charge in [0.25, 0.3) is 0 Å². The second-order valence-corrected chi connectivity index (χ2v) is 4.74. The third-order valence-corrected chi connectivity index (χ3v) is 3.03. The maximum Gasteiger partial charge on any atom is 0.136 e. The fraction of sp³-hybridized carbons (Fsp3) is 0.692. The van der Waals surface area contributed by atoms with Gasteiger partial charge in [0.2, 0.25) is 0 Å². The summed E-state index contributed by atoms with van der Waals surface area (Å²) in [6.07, 6.45) is 2.79. The Labute approximate surface area is 108 Å². The van der Waals surface area contributed by atoms with E-state index < -0.39 is 0 Å². The maximum absolute atomic E-state index is 9.56. The number of rotatable bonds is 7. The number of aromatic nitrogens is 2. The number of nitrogens with one attached hydrogen (secondary N) is 2. The van der Waals surface area contributed by atoms with Crippen molar-refractivity contribution >= 4 is 11.6 Å². The van der Waals surface area contributed by atoms with Crippen molar-refractivity contribution in [3.05, 3.63) is 11.9 Å². The molecule has 0 amide bonds. The van der Waals surface area contributed by atoms with Crippen molar-refractivity contribution in [2.45, 2.75) is 45.1 Å². The SMILES string of the molecule is CCNc1cc(NCC(O)CC)nc(C2CC2)n1. The summed E-state index contributed by atoms with van der Waals surface area (Å²) in [7, 11) is 0. The average Bonchev–Trinajstić information content (AvgIpc) is 3.20. The summed E-state index contributed by atoms with van der Waals surface area (Å²) in [6.45, 7) is 5.39. The van der Waals surface area contributed by atoms with E-state index in [0.717, 1.165) is 30.4 Å². The van der Waals surface area contributed by atoms with Crippen molar-refractivity contribution in [3.63, 3.8) is 0 Å². The minimum absolute atomic E-state index is 0.327. The van der Waals surface area contributed by atoms with Crippen LogP contribution in [0.4, 0.5) is 11.6 Å². The quantitative estimate of drug-likeness (QED) is 0.690. The van der Waals surface area contributed by atoms with Crippen molar-refractivity contribution in [1.82, 2.24) is 9.97 Å². The van der Waals surface area contributed by atoms with Gasteiger partial charge < -0.3 is 15.7 Å². The van der Waals surface area contributed by atoms with E-state index in [4.69, 9.17) is 0 Å². The molecule has 0 aliphatic heterocycles. The van der Waals surface area contributed by atoms with E-state index in [1.165, 1.54) is 12.8 Å². The van der Waals surface area contributed by atoms with E-state index in [1.54, 1.807) is 0 Å². The minimum Gasteiger partial charge on any atom is -0.391 e. The van der Waals surface area contributed by atoms with E-state index >= 15 is 0 Å². The molecule has 5 nitrogen and oxygen atoms in total. The van der Waals surface area contributed by atoms with Crippen LogP contribution in [0, 0.1) is 0 Å². The molecular weight excluding hydrogens is 228 g/mol. The van der Waals surface area contributed by atoms with Gasteiger partial charge in [-0.15, -0.1) is 0 Å². The zero-order valence-electron chi connectivity index (χ0n) is 11.1. The number of hydrogen-bond acceptors (Lipinski definition) is 5. The van der Waals surface area contributed by atoms with Crippen LogP contribution in [-0.2, 0) is 0 Å². The fourth-order valence-corrected chi connectivity index (χ4v) is 1.72. The molecule has 1 aromatic rings. The Balaban J connectivity index is 2.07. The highest BCUT2D eigenvalue weighted by molar-refractivity contribution is 5.48. The highest BCUT2D eigenvalue weighted by Gasteiger charge is 2.27. The first-order valence-corrected chi connectivity index (χ1v) is 6.77. The van der Waals surface area contributed by atoms with E-state index in [0.29, 0.717) is 12.5 Å². The first-order chi connectivity index (χ1) is 8.72. The van der Waals surface area contributed by atoms with Crippen LogP contribution >= 0.6 is 0 Å². The molecule has 1 aliphatic carbocycles. The lowest BCUT2D eigenvalue weighted by Crippen LogP contribution is -2.19. The van der Waals surface area contributed by atoms with E-state index in [1.807, 2.05) is 19.9 Å². The first kappa shape index (κ1) is 13.1. The summed E-state index contributed by atoms with van der Waals surface area (Å²) < 4.78 is 0. The van der Waals surface area contributed by atoms with Gasteiger partial charge in [-0.25, -0.2) is 9.97 Å². The van der Waals surface area contributed by atoms with Crippen LogP contribution in [0.15, 0.2) is 6.07 Å². The van der Waals surface area contributed by atoms with Gasteiger partial charge >= 0.3 is 0 Å². The number of anilines is 2. The monoisotopic (exact) mass is 250 g/mol. The van der Waals surface area contributed by atoms with Crippen molar-refractivity contribution in [1.29, 1.82) is 0 Å². The highest BCUT2D eigenvalue weighted by atomic mass is 16.3. The molecule has 1 aromatic heterocycles. The molecule has 0 spiro atoms. The second-order valence-electron chi connectivity index (χ2n) is 4.74. The molecule has 1 unspecified atom stereocenters. The predicted molar refractivity (Wildman–Crippen MR) is 73.0 cm³/mol. The number of nitrogens with zero attached hydrogens (tertiary/aromatic N) is 2. The summed E-state index contributed by atoms with van der Waals surface area (Å²) >= 11 is 0. The lowest BCUT2D eigenvalue weighted by molar-refractivity contribution is 0.183. The molecule has 1 heterocycles. The Kier molecular flexibility index (Phi) is 4.36. The molecule has 0 aromatic carbocycles. The van der Waals surface area contributed by atoms with Gasteiger partial charge in [0, 0.05) is 25.1 Å². The highest BCUT2D eigenvalue weighted by Crippen LogP contribution is 2.38. The fourth-order valence-electron chi connectivity index (χ4n) is 1.72. The van der Waals surface area contributed by atoms with Crippen LogP contribution in [0.1, 0.15) is 44.9 Å². The van der Waals surface area contributed by atoms with Gasteiger partial charge in [-0.05, 0) is 26.2 Å². The van der Waals surface area contributed by atoms with E-state index in [-0.39, 0.29) is 6.10 Å². The largest absolute Gasteiger partial charge is 0.391 e. The minimum atomic E-state index is -0.327. The average molecular weight is 250 g/mol. The third-order valence-electron chi connectivity index (χ3n) is 3.03. The topological polar surface area (TPSA) is 70.1 Å². The van der Waals surface area contributed by atoms with Crippen molar-refractivity contribution < 1.29 is 5.11 Å². The molecular formula is C13H22N4O. The maximum atomic E-state index is 9.56. The van der Waals surface area contributed by atoms with Gasteiger partial charge in [0.1, 0.15) is 17.5 Å². The third kappa shape index (κ3) is 3.57. The number of aliphatic hydroxyl groups excluding tert-OH is 1. The van der Waals surface area contributed by atoms with Crippen molar-refractivity contribution in [2.24, 2.45) is 0 Å². The van der Waals surface area contributed by atoms with Crippen LogP contribution in [0.5, 0.6) is 0 Å². The molecule has 3 N–H and O–H groups in total. The van der Waals surface area contributed by atoms with Crippen LogP contribution < -0.4 is 10.6 Å². The molecule has 1 atom stereocenters. The molecule has 5 heteroatoms. The normalized spacial score (nSPS) is 16.4. The predicted octanol–water partition coefficient (Wildman–Crippen LogP) is 1.97. The summed E-state index contributed by atoms with van der Waals surface area (Å²) in [5.41, 5.74) is 0. The Morgan fingerprint density at radius 1 is 1.28 bits per heavy atom. The summed E-state index contributed by atoms with van der Waals surface area (Å²) in [5.74, 6) is 3.11. The van der Waals surface area contributed by atoms with Gasteiger partial charge in [0.05, 0.1) is 6.10 Å². The molecule has 100 valence electrons. The lowest BCUT2D eigenvalue weighted by Gasteiger charge is -2.12. The smallest absolute Gasteiger partial charge is 0.136 e. The first-order valence-electron chi connectivity index (χ1n) is 6.77. The molecule has 0 saturated heterocycles. The molecule has 0 radical (unpaired) electrons. The Bertz CT molecular complexity index is 393. The Morgan fingerprint density at radius 2 is 1.94 bits per heavy atom. The zero-order chi connectivity index (χ0) is 13.0. The number of hydrogen-bond donors (Lipinski definition) is 3. The second kappa shape index (κ2) is 6.00. The van der Waals surface area contributed by atoms with Crippen LogP contribution in [0.2, 0.25) is 0 Å². The van der Waals surface area contributed by atoms with Crippen LogP contribution in [0.25, 0.3) is 0 Å². The standard InChI is InChI=1S/C13H22N4O/c1-3-10(18)8-15-12-7-11(14-4-2)16-13(17-12)9-5-6-9/h7,9-10,18H,3-6,8H2,1-2H3,(H2,14,15,16,17). The van der Waals surface area contributed by atoms with Crippen LogP contribution in [-0.4, -0.2) is 34.3 Å². The van der Waals surface area contributed by atoms with Crippen LogP contribution in [0.3, 0.4) is 0 Å². The summed E-state index contributed by atoms with van der Waals surface area (Å²) in [6, 6.07) is 1.90. The summed E-state index contributed by atoms with van der Waals surface area (Å²) in [5, 5.41) is 16.0. The lowest BCUT2D eigenvalue weighted by atomic mass is 10.3. The van der Waals surface area contributed by atoms with Gasteiger partial charge in [-0.1, -0.05) is 6.92 Å². The molecule has 1 aliphatic rings. The molecule has 1 fully saturated rings. The van der Waals surface area contributed by atoms with Gasteiger partial charge in [0.15, 0.2) is 0 Å². The van der Waals surface area contributed by atoms with E-state index in [2.05, 4.69) is 20.6 Å². The molecule has 0 bridgehead atoms. The van der Waals surface area contributed by atoms with Gasteiger partial charge in [-0.3, -0.25) is 0 Å².